The summed E-state index contributed by atoms with van der Waals surface area (Å²) in [6, 6.07) is 6.31. The van der Waals surface area contributed by atoms with Crippen LogP contribution in [0.25, 0.3) is 0 Å². The summed E-state index contributed by atoms with van der Waals surface area (Å²) in [6.07, 6.45) is 0.785. The molecule has 2 heterocycles. The highest BCUT2D eigenvalue weighted by molar-refractivity contribution is 5.88. The Balaban J connectivity index is 0.000000149. The van der Waals surface area contributed by atoms with Gasteiger partial charge in [-0.15, -0.1) is 0 Å². The molecular weight excluding hydrogens is 262 g/mol. The predicted molar refractivity (Wildman–Crippen MR) is 72.7 cm³/mol. The molecule has 20 heavy (non-hydrogen) atoms. The molecule has 2 aliphatic heterocycles. The van der Waals surface area contributed by atoms with Gasteiger partial charge in [0.2, 0.25) is 5.91 Å². The van der Waals surface area contributed by atoms with E-state index in [1.807, 2.05) is 0 Å². The lowest BCUT2D eigenvalue weighted by Gasteiger charge is -1.99. The van der Waals surface area contributed by atoms with Gasteiger partial charge in [0.25, 0.3) is 0 Å². The maximum Gasteiger partial charge on any atom is 0.221 e. The van der Waals surface area contributed by atoms with Gasteiger partial charge < -0.3 is 24.6 Å². The Morgan fingerprint density at radius 1 is 1.25 bits per heavy atom. The topological polar surface area (TPSA) is 83.6 Å². The summed E-state index contributed by atoms with van der Waals surface area (Å²) in [5.74, 6) is 0.0785. The summed E-state index contributed by atoms with van der Waals surface area (Å²) in [6.45, 7) is 4.70. The quantitative estimate of drug-likeness (QED) is 0.625. The number of amides is 1. The van der Waals surface area contributed by atoms with Gasteiger partial charge in [-0.2, -0.15) is 0 Å². The zero-order valence-electron chi connectivity index (χ0n) is 11.4. The molecule has 1 aromatic rings. The third-order valence-corrected chi connectivity index (χ3v) is 2.60. The third-order valence-electron chi connectivity index (χ3n) is 2.60. The smallest absolute Gasteiger partial charge is 0.221 e. The number of aromatic hydroxyl groups is 1. The average molecular weight is 281 g/mol. The van der Waals surface area contributed by atoms with Gasteiger partial charge in [-0.1, -0.05) is 0 Å². The van der Waals surface area contributed by atoms with E-state index in [4.69, 9.17) is 19.3 Å². The lowest BCUT2D eigenvalue weighted by molar-refractivity contribution is -0.114. The van der Waals surface area contributed by atoms with Crippen molar-refractivity contribution in [2.24, 2.45) is 0 Å². The maximum atomic E-state index is 10.5. The van der Waals surface area contributed by atoms with Gasteiger partial charge in [-0.25, -0.2) is 0 Å². The molecule has 2 aliphatic rings. The van der Waals surface area contributed by atoms with Crippen molar-refractivity contribution in [1.29, 1.82) is 0 Å². The molecule has 2 fully saturated rings. The largest absolute Gasteiger partial charge is 0.508 e. The van der Waals surface area contributed by atoms with E-state index in [1.165, 1.54) is 19.1 Å². The van der Waals surface area contributed by atoms with Crippen LogP contribution >= 0.6 is 0 Å². The second-order valence-corrected chi connectivity index (χ2v) is 4.68. The Bertz CT molecular complexity index is 414. The SMILES string of the molecule is C(OCC1CO1)C1CO1.CC(=O)Nc1ccc(O)cc1. The van der Waals surface area contributed by atoms with E-state index in [2.05, 4.69) is 5.32 Å². The van der Waals surface area contributed by atoms with Crippen molar-refractivity contribution in [3.05, 3.63) is 24.3 Å². The molecule has 6 heteroatoms. The van der Waals surface area contributed by atoms with E-state index in [0.29, 0.717) is 17.9 Å². The molecule has 1 aromatic carbocycles. The van der Waals surface area contributed by atoms with Crippen LogP contribution in [0.3, 0.4) is 0 Å². The summed E-state index contributed by atoms with van der Waals surface area (Å²) in [5, 5.41) is 11.5. The number of hydrogen-bond donors (Lipinski definition) is 2. The fourth-order valence-corrected chi connectivity index (χ4v) is 1.41. The van der Waals surface area contributed by atoms with Crippen LogP contribution in [-0.4, -0.2) is 49.6 Å². The van der Waals surface area contributed by atoms with Crippen LogP contribution in [0, 0.1) is 0 Å². The van der Waals surface area contributed by atoms with Gasteiger partial charge >= 0.3 is 0 Å². The van der Waals surface area contributed by atoms with Crippen molar-refractivity contribution >= 4 is 11.6 Å². The molecule has 0 aliphatic carbocycles. The van der Waals surface area contributed by atoms with Gasteiger partial charge in [0.1, 0.15) is 18.0 Å². The molecule has 2 saturated heterocycles. The molecule has 3 rings (SSSR count). The number of nitrogens with one attached hydrogen (secondary N) is 1. The number of anilines is 1. The normalized spacial score (nSPS) is 22.4. The molecule has 6 nitrogen and oxygen atoms in total. The first-order valence-electron chi connectivity index (χ1n) is 6.51. The number of hydrogen-bond acceptors (Lipinski definition) is 5. The third kappa shape index (κ3) is 6.51. The number of phenols is 1. The Kier molecular flexibility index (Phi) is 5.34. The molecule has 0 aromatic heterocycles. The van der Waals surface area contributed by atoms with Crippen molar-refractivity contribution in [1.82, 2.24) is 0 Å². The van der Waals surface area contributed by atoms with Crippen LogP contribution in [0.2, 0.25) is 0 Å². The predicted octanol–water partition coefficient (Wildman–Crippen LogP) is 1.15. The van der Waals surface area contributed by atoms with E-state index < -0.39 is 0 Å². The molecule has 0 radical (unpaired) electrons. The summed E-state index contributed by atoms with van der Waals surface area (Å²) < 4.78 is 15.1. The Labute approximate surface area is 117 Å². The monoisotopic (exact) mass is 281 g/mol. The Hall–Kier alpha value is -1.63. The van der Waals surface area contributed by atoms with Crippen molar-refractivity contribution in [3.63, 3.8) is 0 Å². The van der Waals surface area contributed by atoms with E-state index in [-0.39, 0.29) is 11.7 Å². The van der Waals surface area contributed by atoms with E-state index in [0.717, 1.165) is 26.4 Å². The molecule has 0 bridgehead atoms. The highest BCUT2D eigenvalue weighted by Crippen LogP contribution is 2.13. The minimum atomic E-state index is -0.115. The summed E-state index contributed by atoms with van der Waals surface area (Å²) in [4.78, 5) is 10.5. The second-order valence-electron chi connectivity index (χ2n) is 4.68. The van der Waals surface area contributed by atoms with Gasteiger partial charge in [-0.05, 0) is 24.3 Å². The molecular formula is C14H19NO5. The van der Waals surface area contributed by atoms with Gasteiger partial charge in [0, 0.05) is 12.6 Å². The van der Waals surface area contributed by atoms with Crippen LogP contribution in [0.4, 0.5) is 5.69 Å². The van der Waals surface area contributed by atoms with Gasteiger partial charge in [-0.3, -0.25) is 4.79 Å². The minimum Gasteiger partial charge on any atom is -0.508 e. The van der Waals surface area contributed by atoms with Crippen LogP contribution in [0.15, 0.2) is 24.3 Å². The van der Waals surface area contributed by atoms with Crippen LogP contribution in [0.5, 0.6) is 5.75 Å². The highest BCUT2D eigenvalue weighted by Gasteiger charge is 2.26. The Morgan fingerprint density at radius 3 is 2.15 bits per heavy atom. The number of phenolic OH excluding ortho intramolecular Hbond substituents is 1. The summed E-state index contributed by atoms with van der Waals surface area (Å²) >= 11 is 0. The van der Waals surface area contributed by atoms with Crippen molar-refractivity contribution in [2.75, 3.05) is 31.7 Å². The lowest BCUT2D eigenvalue weighted by atomic mass is 10.3. The molecule has 0 spiro atoms. The maximum absolute atomic E-state index is 10.5. The second kappa shape index (κ2) is 7.23. The molecule has 2 N–H and O–H groups in total. The number of rotatable bonds is 5. The fraction of sp³-hybridized carbons (Fsp3) is 0.500. The number of benzene rings is 1. The molecule has 2 atom stereocenters. The first-order chi connectivity index (χ1) is 9.63. The molecule has 1 amide bonds. The van der Waals surface area contributed by atoms with Crippen LogP contribution in [-0.2, 0) is 19.0 Å². The molecule has 2 unspecified atom stereocenters. The van der Waals surface area contributed by atoms with Crippen molar-refractivity contribution in [2.45, 2.75) is 19.1 Å². The number of ether oxygens (including phenoxy) is 3. The summed E-state index contributed by atoms with van der Waals surface area (Å²) in [5.41, 5.74) is 0.690. The number of epoxide rings is 2. The molecule has 110 valence electrons. The first-order valence-corrected chi connectivity index (χ1v) is 6.51. The van der Waals surface area contributed by atoms with Crippen LogP contribution in [0.1, 0.15) is 6.92 Å². The van der Waals surface area contributed by atoms with Crippen LogP contribution < -0.4 is 5.32 Å². The summed E-state index contributed by atoms with van der Waals surface area (Å²) in [7, 11) is 0. The first kappa shape index (κ1) is 14.8. The highest BCUT2D eigenvalue weighted by atomic mass is 16.6. The zero-order valence-corrected chi connectivity index (χ0v) is 11.4. The van der Waals surface area contributed by atoms with E-state index in [1.54, 1.807) is 12.1 Å². The van der Waals surface area contributed by atoms with E-state index in [9.17, 15) is 4.79 Å². The van der Waals surface area contributed by atoms with E-state index >= 15 is 0 Å². The Morgan fingerprint density at radius 2 is 1.75 bits per heavy atom. The lowest BCUT2D eigenvalue weighted by Crippen LogP contribution is -2.06. The van der Waals surface area contributed by atoms with Crippen molar-refractivity contribution in [3.8, 4) is 5.75 Å². The zero-order chi connectivity index (χ0) is 14.4. The molecule has 0 saturated carbocycles. The standard InChI is InChI=1S/C8H9NO2.C6H10O3/c1-6(10)9-7-2-4-8(11)5-3-7;1(5-3-8-5)7-2-6-4-9-6/h2-5,11H,1H3,(H,9,10);5-6H,1-4H2. The average Bonchev–Trinajstić information content (AvgIpc) is 3.26. The van der Waals surface area contributed by atoms with Gasteiger partial charge in [0.15, 0.2) is 0 Å². The fourth-order valence-electron chi connectivity index (χ4n) is 1.41. The minimum absolute atomic E-state index is 0.115. The number of carbonyl (C=O) groups is 1. The van der Waals surface area contributed by atoms with Gasteiger partial charge in [0.05, 0.1) is 26.4 Å². The van der Waals surface area contributed by atoms with Crippen molar-refractivity contribution < 1.29 is 24.1 Å². The number of carbonyl (C=O) groups excluding carboxylic acids is 1.